The number of halogens is 1. The van der Waals surface area contributed by atoms with Gasteiger partial charge in [0, 0.05) is 17.6 Å². The molecule has 5 nitrogen and oxygen atoms in total. The minimum Gasteiger partial charge on any atom is -0.381 e. The van der Waals surface area contributed by atoms with Crippen LogP contribution in [0.4, 0.5) is 5.82 Å². The van der Waals surface area contributed by atoms with Crippen molar-refractivity contribution in [2.45, 2.75) is 13.5 Å². The molecule has 2 aromatic rings. The number of aromatic nitrogens is 1. The monoisotopic (exact) mass is 265 g/mol. The summed E-state index contributed by atoms with van der Waals surface area (Å²) in [6.07, 6.45) is 0. The molecule has 1 aromatic heterocycles. The van der Waals surface area contributed by atoms with E-state index in [9.17, 15) is 4.79 Å². The highest BCUT2D eigenvalue weighted by Gasteiger charge is 2.11. The van der Waals surface area contributed by atoms with Crippen LogP contribution in [0.5, 0.6) is 0 Å². The predicted molar refractivity (Wildman–Crippen MR) is 68.3 cm³/mol. The molecular formula is C12H12ClN3O2. The number of nitrogen functional groups attached to an aromatic ring is 1. The summed E-state index contributed by atoms with van der Waals surface area (Å²) < 4.78 is 4.76. The third-order valence-corrected chi connectivity index (χ3v) is 2.74. The van der Waals surface area contributed by atoms with Gasteiger partial charge in [-0.15, -0.1) is 0 Å². The van der Waals surface area contributed by atoms with Gasteiger partial charge in [0.05, 0.1) is 0 Å². The number of aryl methyl sites for hydroxylation is 1. The second-order valence-corrected chi connectivity index (χ2v) is 4.31. The summed E-state index contributed by atoms with van der Waals surface area (Å²) in [7, 11) is 0. The summed E-state index contributed by atoms with van der Waals surface area (Å²) in [5, 5.41) is 6.79. The average molecular weight is 266 g/mol. The third-order valence-electron chi connectivity index (χ3n) is 2.50. The van der Waals surface area contributed by atoms with E-state index in [0.29, 0.717) is 11.6 Å². The first-order valence-corrected chi connectivity index (χ1v) is 5.69. The Morgan fingerprint density at radius 2 is 2.28 bits per heavy atom. The smallest absolute Gasteiger partial charge is 0.290 e. The number of benzene rings is 1. The number of nitrogens with two attached hydrogens (primary N) is 1. The van der Waals surface area contributed by atoms with Crippen molar-refractivity contribution in [3.63, 3.8) is 0 Å². The zero-order valence-electron chi connectivity index (χ0n) is 9.74. The Balaban J connectivity index is 2.03. The van der Waals surface area contributed by atoms with Crippen LogP contribution in [0, 0.1) is 6.92 Å². The quantitative estimate of drug-likeness (QED) is 0.891. The minimum atomic E-state index is -0.362. The Morgan fingerprint density at radius 1 is 1.50 bits per heavy atom. The summed E-state index contributed by atoms with van der Waals surface area (Å²) in [4.78, 5) is 11.7. The van der Waals surface area contributed by atoms with Crippen molar-refractivity contribution in [3.8, 4) is 0 Å². The van der Waals surface area contributed by atoms with Crippen molar-refractivity contribution in [2.75, 3.05) is 5.73 Å². The van der Waals surface area contributed by atoms with Crippen molar-refractivity contribution in [1.82, 2.24) is 10.5 Å². The molecule has 0 aliphatic heterocycles. The molecule has 0 saturated heterocycles. The van der Waals surface area contributed by atoms with Crippen molar-refractivity contribution in [1.29, 1.82) is 0 Å². The number of carbonyl (C=O) groups excluding carboxylic acids is 1. The van der Waals surface area contributed by atoms with Crippen LogP contribution in [-0.2, 0) is 6.54 Å². The molecule has 94 valence electrons. The first-order chi connectivity index (χ1) is 8.56. The Morgan fingerprint density at radius 3 is 2.94 bits per heavy atom. The lowest BCUT2D eigenvalue weighted by Gasteiger charge is -2.07. The molecule has 0 spiro atoms. The fraction of sp³-hybridized carbons (Fsp3) is 0.167. The zero-order chi connectivity index (χ0) is 13.1. The molecule has 0 radical (unpaired) electrons. The van der Waals surface area contributed by atoms with E-state index in [4.69, 9.17) is 21.9 Å². The van der Waals surface area contributed by atoms with Gasteiger partial charge in [-0.1, -0.05) is 22.8 Å². The predicted octanol–water partition coefficient (Wildman–Crippen LogP) is 2.15. The highest BCUT2D eigenvalue weighted by Crippen LogP contribution is 2.15. The molecule has 0 unspecified atom stereocenters. The molecule has 1 heterocycles. The van der Waals surface area contributed by atoms with Crippen molar-refractivity contribution < 1.29 is 9.32 Å². The van der Waals surface area contributed by atoms with Gasteiger partial charge in [-0.05, 0) is 30.2 Å². The summed E-state index contributed by atoms with van der Waals surface area (Å²) in [5.41, 5.74) is 7.37. The summed E-state index contributed by atoms with van der Waals surface area (Å²) in [6, 6.07) is 6.89. The van der Waals surface area contributed by atoms with Crippen LogP contribution < -0.4 is 11.1 Å². The third kappa shape index (κ3) is 2.81. The van der Waals surface area contributed by atoms with Gasteiger partial charge in [0.15, 0.2) is 5.82 Å². The number of nitrogens with zero attached hydrogens (tertiary/aromatic N) is 1. The lowest BCUT2D eigenvalue weighted by Crippen LogP contribution is -2.22. The van der Waals surface area contributed by atoms with Crippen LogP contribution in [0.25, 0.3) is 0 Å². The number of nitrogens with one attached hydrogen (secondary N) is 1. The van der Waals surface area contributed by atoms with Gasteiger partial charge in [0.2, 0.25) is 5.76 Å². The minimum absolute atomic E-state index is 0.0900. The van der Waals surface area contributed by atoms with E-state index in [1.807, 2.05) is 19.1 Å². The normalized spacial score (nSPS) is 10.3. The summed E-state index contributed by atoms with van der Waals surface area (Å²) >= 11 is 5.89. The zero-order valence-corrected chi connectivity index (χ0v) is 10.5. The van der Waals surface area contributed by atoms with Crippen LogP contribution in [-0.4, -0.2) is 11.1 Å². The van der Waals surface area contributed by atoms with Gasteiger partial charge >= 0.3 is 0 Å². The lowest BCUT2D eigenvalue weighted by atomic mass is 10.1. The number of carbonyl (C=O) groups is 1. The first kappa shape index (κ1) is 12.4. The molecule has 0 bridgehead atoms. The number of hydrogen-bond donors (Lipinski definition) is 2. The van der Waals surface area contributed by atoms with Crippen molar-refractivity contribution in [2.24, 2.45) is 0 Å². The molecule has 1 amide bonds. The molecule has 1 aromatic carbocycles. The summed E-state index contributed by atoms with van der Waals surface area (Å²) in [6.45, 7) is 2.32. The van der Waals surface area contributed by atoms with Gasteiger partial charge in [-0.25, -0.2) is 0 Å². The van der Waals surface area contributed by atoms with E-state index in [0.717, 1.165) is 11.1 Å². The van der Waals surface area contributed by atoms with Crippen LogP contribution in [0.3, 0.4) is 0 Å². The molecule has 0 fully saturated rings. The molecule has 2 rings (SSSR count). The van der Waals surface area contributed by atoms with Crippen molar-refractivity contribution >= 4 is 23.3 Å². The maximum absolute atomic E-state index is 11.7. The molecule has 0 saturated carbocycles. The Kier molecular flexibility index (Phi) is 3.53. The van der Waals surface area contributed by atoms with E-state index in [2.05, 4.69) is 10.5 Å². The van der Waals surface area contributed by atoms with Gasteiger partial charge in [-0.2, -0.15) is 0 Å². The molecule has 0 aliphatic rings. The highest BCUT2D eigenvalue weighted by atomic mass is 35.5. The maximum Gasteiger partial charge on any atom is 0.290 e. The number of hydrogen-bond acceptors (Lipinski definition) is 4. The first-order valence-electron chi connectivity index (χ1n) is 5.31. The van der Waals surface area contributed by atoms with Crippen LogP contribution in [0.1, 0.15) is 21.7 Å². The molecule has 0 atom stereocenters. The maximum atomic E-state index is 11.7. The Hall–Kier alpha value is -2.01. The molecule has 3 N–H and O–H groups in total. The van der Waals surface area contributed by atoms with Crippen LogP contribution in [0.2, 0.25) is 5.02 Å². The number of rotatable bonds is 3. The topological polar surface area (TPSA) is 81.2 Å². The average Bonchev–Trinajstić information content (AvgIpc) is 2.77. The van der Waals surface area contributed by atoms with Gasteiger partial charge < -0.3 is 15.6 Å². The highest BCUT2D eigenvalue weighted by molar-refractivity contribution is 6.30. The molecule has 6 heteroatoms. The SMILES string of the molecule is Cc1ccc(Cl)cc1CNC(=O)c1cc(N)no1. The number of amides is 1. The van der Waals surface area contributed by atoms with E-state index in [-0.39, 0.29) is 17.5 Å². The molecular weight excluding hydrogens is 254 g/mol. The van der Waals surface area contributed by atoms with Gasteiger partial charge in [0.1, 0.15) is 0 Å². The van der Waals surface area contributed by atoms with E-state index in [1.54, 1.807) is 6.07 Å². The standard InChI is InChI=1S/C12H12ClN3O2/c1-7-2-3-9(13)4-8(7)6-15-12(17)10-5-11(14)16-18-10/h2-5H,6H2,1H3,(H2,14,16)(H,15,17). The number of anilines is 1. The lowest BCUT2D eigenvalue weighted by molar-refractivity contribution is 0.0914. The van der Waals surface area contributed by atoms with E-state index >= 15 is 0 Å². The van der Waals surface area contributed by atoms with Crippen LogP contribution in [0.15, 0.2) is 28.8 Å². The molecule has 18 heavy (non-hydrogen) atoms. The molecule has 0 aliphatic carbocycles. The fourth-order valence-electron chi connectivity index (χ4n) is 1.49. The van der Waals surface area contributed by atoms with Crippen LogP contribution >= 0.6 is 11.6 Å². The van der Waals surface area contributed by atoms with Gasteiger partial charge in [0.25, 0.3) is 5.91 Å². The second-order valence-electron chi connectivity index (χ2n) is 3.87. The summed E-state index contributed by atoms with van der Waals surface area (Å²) in [5.74, 6) is -0.0927. The Labute approximate surface area is 109 Å². The largest absolute Gasteiger partial charge is 0.381 e. The van der Waals surface area contributed by atoms with Crippen molar-refractivity contribution in [3.05, 3.63) is 46.2 Å². The van der Waals surface area contributed by atoms with Gasteiger partial charge in [-0.3, -0.25) is 4.79 Å². The fourth-order valence-corrected chi connectivity index (χ4v) is 1.68. The van der Waals surface area contributed by atoms with E-state index in [1.165, 1.54) is 6.07 Å². The second kappa shape index (κ2) is 5.10. The Bertz CT molecular complexity index is 580. The van der Waals surface area contributed by atoms with E-state index < -0.39 is 0 Å².